The Labute approximate surface area is 144 Å². The van der Waals surface area contributed by atoms with E-state index in [9.17, 15) is 13.2 Å². The van der Waals surface area contributed by atoms with E-state index in [1.807, 2.05) is 20.8 Å². The number of benzene rings is 1. The first-order valence-electron chi connectivity index (χ1n) is 7.75. The largest absolute Gasteiger partial charge is 0.349 e. The predicted molar refractivity (Wildman–Crippen MR) is 93.3 cm³/mol. The second-order valence-corrected chi connectivity index (χ2v) is 8.05. The molecule has 0 aliphatic heterocycles. The Balaban J connectivity index is 3.21. The molecular formula is C16H25ClN2O3S. The molecule has 0 aliphatic rings. The third-order valence-electron chi connectivity index (χ3n) is 3.88. The molecule has 1 rings (SSSR count). The van der Waals surface area contributed by atoms with Gasteiger partial charge in [0.25, 0.3) is 5.91 Å². The number of hydrogen-bond donors (Lipinski definition) is 1. The van der Waals surface area contributed by atoms with Crippen LogP contribution in [0.5, 0.6) is 0 Å². The van der Waals surface area contributed by atoms with Crippen molar-refractivity contribution in [3.8, 4) is 0 Å². The average Bonchev–Trinajstić information content (AvgIpc) is 2.48. The highest BCUT2D eigenvalue weighted by Crippen LogP contribution is 2.26. The SMILES string of the molecule is CCN(CC)S(=O)(=O)c1cc(C(=O)N[C@@H](C)C(C)C)ccc1Cl. The highest BCUT2D eigenvalue weighted by atomic mass is 35.5. The van der Waals surface area contributed by atoms with E-state index in [0.717, 1.165) is 0 Å². The van der Waals surface area contributed by atoms with E-state index in [2.05, 4.69) is 5.32 Å². The minimum absolute atomic E-state index is 0.0129. The van der Waals surface area contributed by atoms with Crippen LogP contribution in [0, 0.1) is 5.92 Å². The van der Waals surface area contributed by atoms with E-state index < -0.39 is 10.0 Å². The van der Waals surface area contributed by atoms with E-state index in [-0.39, 0.29) is 33.3 Å². The van der Waals surface area contributed by atoms with Crippen LogP contribution in [0.15, 0.2) is 23.1 Å². The molecule has 130 valence electrons. The molecule has 0 heterocycles. The highest BCUT2D eigenvalue weighted by molar-refractivity contribution is 7.89. The van der Waals surface area contributed by atoms with Crippen LogP contribution in [0.3, 0.4) is 0 Å². The molecule has 0 spiro atoms. The second kappa shape index (κ2) is 8.13. The zero-order valence-corrected chi connectivity index (χ0v) is 15.8. The molecular weight excluding hydrogens is 336 g/mol. The number of nitrogens with zero attached hydrogens (tertiary/aromatic N) is 1. The summed E-state index contributed by atoms with van der Waals surface area (Å²) >= 11 is 6.06. The predicted octanol–water partition coefficient (Wildman–Crippen LogP) is 3.14. The first-order chi connectivity index (χ1) is 10.6. The summed E-state index contributed by atoms with van der Waals surface area (Å²) in [5, 5.41) is 2.98. The third kappa shape index (κ3) is 4.68. The first kappa shape index (κ1) is 19.9. The monoisotopic (exact) mass is 360 g/mol. The Morgan fingerprint density at radius 1 is 1.22 bits per heavy atom. The molecule has 0 fully saturated rings. The Kier molecular flexibility index (Phi) is 7.04. The van der Waals surface area contributed by atoms with Crippen LogP contribution in [0.4, 0.5) is 0 Å². The number of carbonyl (C=O) groups is 1. The summed E-state index contributed by atoms with van der Waals surface area (Å²) in [4.78, 5) is 12.3. The number of hydrogen-bond acceptors (Lipinski definition) is 3. The van der Waals surface area contributed by atoms with Crippen LogP contribution < -0.4 is 5.32 Å². The van der Waals surface area contributed by atoms with Gasteiger partial charge in [0.1, 0.15) is 4.90 Å². The lowest BCUT2D eigenvalue weighted by Crippen LogP contribution is -2.36. The summed E-state index contributed by atoms with van der Waals surface area (Å²) in [5.74, 6) is -0.0241. The molecule has 0 bridgehead atoms. The maximum absolute atomic E-state index is 12.6. The van der Waals surface area contributed by atoms with E-state index in [4.69, 9.17) is 11.6 Å². The van der Waals surface area contributed by atoms with Crippen LogP contribution in [0.2, 0.25) is 5.02 Å². The molecule has 0 aromatic heterocycles. The first-order valence-corrected chi connectivity index (χ1v) is 9.57. The van der Waals surface area contributed by atoms with E-state index in [1.54, 1.807) is 13.8 Å². The molecule has 0 unspecified atom stereocenters. The van der Waals surface area contributed by atoms with Crippen LogP contribution in [0.25, 0.3) is 0 Å². The maximum Gasteiger partial charge on any atom is 0.251 e. The Morgan fingerprint density at radius 3 is 2.26 bits per heavy atom. The Hall–Kier alpha value is -1.11. The molecule has 1 aromatic rings. The van der Waals surface area contributed by atoms with E-state index >= 15 is 0 Å². The van der Waals surface area contributed by atoms with Gasteiger partial charge in [0.2, 0.25) is 10.0 Å². The minimum atomic E-state index is -3.71. The van der Waals surface area contributed by atoms with Crippen LogP contribution in [-0.2, 0) is 10.0 Å². The van der Waals surface area contributed by atoms with Crippen molar-refractivity contribution in [2.24, 2.45) is 5.92 Å². The fourth-order valence-electron chi connectivity index (χ4n) is 2.00. The van der Waals surface area contributed by atoms with E-state index in [0.29, 0.717) is 13.1 Å². The van der Waals surface area contributed by atoms with E-state index in [1.165, 1.54) is 22.5 Å². The summed E-state index contributed by atoms with van der Waals surface area (Å²) in [6.07, 6.45) is 0. The smallest absolute Gasteiger partial charge is 0.251 e. The molecule has 23 heavy (non-hydrogen) atoms. The van der Waals surface area contributed by atoms with Crippen LogP contribution in [0.1, 0.15) is 45.0 Å². The number of halogens is 1. The highest BCUT2D eigenvalue weighted by Gasteiger charge is 2.25. The lowest BCUT2D eigenvalue weighted by atomic mass is 10.1. The Morgan fingerprint density at radius 2 is 1.78 bits per heavy atom. The van der Waals surface area contributed by atoms with Gasteiger partial charge in [-0.1, -0.05) is 39.3 Å². The van der Waals surface area contributed by atoms with Crippen molar-refractivity contribution in [3.05, 3.63) is 28.8 Å². The molecule has 1 atom stereocenters. The van der Waals surface area contributed by atoms with Crippen molar-refractivity contribution >= 4 is 27.5 Å². The molecule has 0 radical (unpaired) electrons. The summed E-state index contributed by atoms with van der Waals surface area (Å²) in [7, 11) is -3.71. The van der Waals surface area contributed by atoms with Gasteiger partial charge < -0.3 is 5.32 Å². The van der Waals surface area contributed by atoms with Gasteiger partial charge in [-0.2, -0.15) is 4.31 Å². The third-order valence-corrected chi connectivity index (χ3v) is 6.41. The van der Waals surface area contributed by atoms with Crippen molar-refractivity contribution in [2.75, 3.05) is 13.1 Å². The van der Waals surface area contributed by atoms with Gasteiger partial charge in [0, 0.05) is 24.7 Å². The average molecular weight is 361 g/mol. The number of carbonyl (C=O) groups excluding carboxylic acids is 1. The van der Waals surface area contributed by atoms with Gasteiger partial charge in [0.15, 0.2) is 0 Å². The zero-order valence-electron chi connectivity index (χ0n) is 14.3. The normalized spacial score (nSPS) is 13.4. The Bertz CT molecular complexity index is 655. The number of nitrogens with one attached hydrogen (secondary N) is 1. The summed E-state index contributed by atoms with van der Waals surface area (Å²) in [6.45, 7) is 10.1. The van der Waals surface area contributed by atoms with Crippen molar-refractivity contribution in [1.29, 1.82) is 0 Å². The van der Waals surface area contributed by atoms with Gasteiger partial charge in [-0.15, -0.1) is 0 Å². The van der Waals surface area contributed by atoms with Crippen LogP contribution >= 0.6 is 11.6 Å². The van der Waals surface area contributed by atoms with Crippen LogP contribution in [-0.4, -0.2) is 37.8 Å². The van der Waals surface area contributed by atoms with Gasteiger partial charge in [-0.05, 0) is 31.0 Å². The summed E-state index contributed by atoms with van der Waals surface area (Å²) in [6, 6.07) is 4.32. The van der Waals surface area contributed by atoms with Gasteiger partial charge >= 0.3 is 0 Å². The second-order valence-electron chi connectivity index (χ2n) is 5.74. The number of rotatable bonds is 7. The lowest BCUT2D eigenvalue weighted by molar-refractivity contribution is 0.0930. The fraction of sp³-hybridized carbons (Fsp3) is 0.562. The molecule has 5 nitrogen and oxygen atoms in total. The molecule has 1 N–H and O–H groups in total. The van der Waals surface area contributed by atoms with Gasteiger partial charge in [0.05, 0.1) is 5.02 Å². The molecule has 0 aliphatic carbocycles. The van der Waals surface area contributed by atoms with Crippen molar-refractivity contribution in [3.63, 3.8) is 0 Å². The molecule has 0 saturated carbocycles. The lowest BCUT2D eigenvalue weighted by Gasteiger charge is -2.20. The zero-order chi connectivity index (χ0) is 17.8. The van der Waals surface area contributed by atoms with Crippen molar-refractivity contribution in [1.82, 2.24) is 9.62 Å². The molecule has 7 heteroatoms. The maximum atomic E-state index is 12.6. The summed E-state index contributed by atoms with van der Waals surface area (Å²) < 4.78 is 26.6. The quantitative estimate of drug-likeness (QED) is 0.812. The number of amides is 1. The van der Waals surface area contributed by atoms with Gasteiger partial charge in [-0.3, -0.25) is 4.79 Å². The minimum Gasteiger partial charge on any atom is -0.349 e. The topological polar surface area (TPSA) is 66.5 Å². The molecule has 1 amide bonds. The van der Waals surface area contributed by atoms with Gasteiger partial charge in [-0.25, -0.2) is 8.42 Å². The molecule has 0 saturated heterocycles. The fourth-order valence-corrected chi connectivity index (χ4v) is 3.96. The standard InChI is InChI=1S/C16H25ClN2O3S/c1-6-19(7-2)23(21,22)15-10-13(8-9-14(15)17)16(20)18-12(5)11(3)4/h8-12H,6-7H2,1-5H3,(H,18,20)/t12-/m0/s1. The number of sulfonamides is 1. The summed E-state index contributed by atoms with van der Waals surface area (Å²) in [5.41, 5.74) is 0.285. The van der Waals surface area contributed by atoms with Crippen molar-refractivity contribution in [2.45, 2.75) is 45.6 Å². The van der Waals surface area contributed by atoms with Crippen molar-refractivity contribution < 1.29 is 13.2 Å². The molecule has 1 aromatic carbocycles.